The average Bonchev–Trinajstić information content (AvgIpc) is 2.62. The van der Waals surface area contributed by atoms with Crippen molar-refractivity contribution in [1.82, 2.24) is 10.2 Å². The Morgan fingerprint density at radius 2 is 1.83 bits per heavy atom. The van der Waals surface area contributed by atoms with Crippen LogP contribution in [0.3, 0.4) is 0 Å². The molecule has 130 valence electrons. The van der Waals surface area contributed by atoms with E-state index in [4.69, 9.17) is 0 Å². The molecule has 3 heteroatoms. The maximum atomic E-state index is 10.7. The summed E-state index contributed by atoms with van der Waals surface area (Å²) in [5.74, 6) is 0. The van der Waals surface area contributed by atoms with Crippen LogP contribution in [0.2, 0.25) is 0 Å². The lowest BCUT2D eigenvalue weighted by Crippen LogP contribution is -2.38. The van der Waals surface area contributed by atoms with Gasteiger partial charge in [0.25, 0.3) is 0 Å². The molecule has 1 aliphatic heterocycles. The van der Waals surface area contributed by atoms with E-state index in [2.05, 4.69) is 17.1 Å². The van der Waals surface area contributed by atoms with Crippen LogP contribution < -0.4 is 5.32 Å². The number of benzene rings is 1. The summed E-state index contributed by atoms with van der Waals surface area (Å²) in [5.41, 5.74) is 1.03. The minimum atomic E-state index is -0.405. The second-order valence-electron chi connectivity index (χ2n) is 6.81. The summed E-state index contributed by atoms with van der Waals surface area (Å²) in [5, 5.41) is 14.3. The molecule has 0 amide bonds. The summed E-state index contributed by atoms with van der Waals surface area (Å²) in [7, 11) is 0. The number of likely N-dealkylation sites (tertiary alicyclic amines) is 1. The molecule has 2 unspecified atom stereocenters. The van der Waals surface area contributed by atoms with Gasteiger partial charge in [-0.3, -0.25) is 0 Å². The van der Waals surface area contributed by atoms with Crippen molar-refractivity contribution in [2.45, 2.75) is 64.0 Å². The molecule has 0 radical (unpaired) electrons. The van der Waals surface area contributed by atoms with E-state index in [1.165, 1.54) is 51.7 Å². The standard InChI is InChI=1S/C20H34N2O/c1-2-3-13-19(20(23)18-11-6-4-7-12-18)21-14-10-17-22-15-8-5-9-16-22/h4,6-7,11-12,19-21,23H,2-3,5,8-10,13-17H2,1H3. The third kappa shape index (κ3) is 6.62. The van der Waals surface area contributed by atoms with Crippen LogP contribution in [-0.2, 0) is 0 Å². The highest BCUT2D eigenvalue weighted by atomic mass is 16.3. The second-order valence-corrected chi connectivity index (χ2v) is 6.81. The van der Waals surface area contributed by atoms with Gasteiger partial charge in [0.15, 0.2) is 0 Å². The first kappa shape index (κ1) is 18.4. The molecule has 23 heavy (non-hydrogen) atoms. The van der Waals surface area contributed by atoms with Crippen LogP contribution in [0.1, 0.15) is 63.5 Å². The van der Waals surface area contributed by atoms with Crippen LogP contribution in [-0.4, -0.2) is 42.2 Å². The van der Waals surface area contributed by atoms with E-state index in [9.17, 15) is 5.11 Å². The number of unbranched alkanes of at least 4 members (excludes halogenated alkanes) is 1. The fourth-order valence-corrected chi connectivity index (χ4v) is 3.45. The first-order chi connectivity index (χ1) is 11.3. The van der Waals surface area contributed by atoms with Gasteiger partial charge in [0.05, 0.1) is 6.10 Å². The highest BCUT2D eigenvalue weighted by Gasteiger charge is 2.19. The van der Waals surface area contributed by atoms with E-state index in [1.54, 1.807) is 0 Å². The lowest BCUT2D eigenvalue weighted by atomic mass is 9.97. The maximum absolute atomic E-state index is 10.7. The summed E-state index contributed by atoms with van der Waals surface area (Å²) >= 11 is 0. The number of hydrogen-bond acceptors (Lipinski definition) is 3. The molecule has 1 heterocycles. The lowest BCUT2D eigenvalue weighted by Gasteiger charge is -2.28. The molecule has 0 aromatic heterocycles. The predicted octanol–water partition coefficient (Wildman–Crippen LogP) is 3.74. The van der Waals surface area contributed by atoms with Gasteiger partial charge < -0.3 is 15.3 Å². The van der Waals surface area contributed by atoms with Gasteiger partial charge in [0.2, 0.25) is 0 Å². The summed E-state index contributed by atoms with van der Waals surface area (Å²) in [4.78, 5) is 2.58. The maximum Gasteiger partial charge on any atom is 0.0942 e. The molecule has 2 N–H and O–H groups in total. The Labute approximate surface area is 142 Å². The largest absolute Gasteiger partial charge is 0.387 e. The van der Waals surface area contributed by atoms with Crippen molar-refractivity contribution < 1.29 is 5.11 Å². The molecular formula is C20H34N2O. The van der Waals surface area contributed by atoms with Gasteiger partial charge in [-0.25, -0.2) is 0 Å². The smallest absolute Gasteiger partial charge is 0.0942 e. The van der Waals surface area contributed by atoms with E-state index < -0.39 is 6.10 Å². The van der Waals surface area contributed by atoms with Crippen molar-refractivity contribution in [3.63, 3.8) is 0 Å². The Balaban J connectivity index is 1.76. The number of aliphatic hydroxyl groups excluding tert-OH is 1. The van der Waals surface area contributed by atoms with Gasteiger partial charge in [-0.2, -0.15) is 0 Å². The zero-order chi connectivity index (χ0) is 16.3. The number of piperidine rings is 1. The van der Waals surface area contributed by atoms with Gasteiger partial charge in [-0.05, 0) is 57.4 Å². The van der Waals surface area contributed by atoms with Crippen LogP contribution >= 0.6 is 0 Å². The Morgan fingerprint density at radius 3 is 2.52 bits per heavy atom. The molecular weight excluding hydrogens is 284 g/mol. The first-order valence-electron chi connectivity index (χ1n) is 9.50. The summed E-state index contributed by atoms with van der Waals surface area (Å²) in [6, 6.07) is 10.2. The quantitative estimate of drug-likeness (QED) is 0.645. The van der Waals surface area contributed by atoms with E-state index >= 15 is 0 Å². The summed E-state index contributed by atoms with van der Waals surface area (Å²) in [6.07, 6.45) is 8.26. The highest BCUT2D eigenvalue weighted by Crippen LogP contribution is 2.20. The molecule has 3 nitrogen and oxygen atoms in total. The number of aliphatic hydroxyl groups is 1. The van der Waals surface area contributed by atoms with Crippen molar-refractivity contribution in [2.24, 2.45) is 0 Å². The Morgan fingerprint density at radius 1 is 1.09 bits per heavy atom. The summed E-state index contributed by atoms with van der Waals surface area (Å²) in [6.45, 7) is 6.93. The first-order valence-corrected chi connectivity index (χ1v) is 9.50. The van der Waals surface area contributed by atoms with Crippen LogP contribution in [0.15, 0.2) is 30.3 Å². The van der Waals surface area contributed by atoms with Crippen LogP contribution in [0, 0.1) is 0 Å². The minimum absolute atomic E-state index is 0.165. The van der Waals surface area contributed by atoms with Crippen molar-refractivity contribution >= 4 is 0 Å². The highest BCUT2D eigenvalue weighted by molar-refractivity contribution is 5.18. The third-order valence-electron chi connectivity index (χ3n) is 4.90. The topological polar surface area (TPSA) is 35.5 Å². The molecule has 1 aromatic carbocycles. The van der Waals surface area contributed by atoms with E-state index in [0.717, 1.165) is 24.9 Å². The number of rotatable bonds is 10. The molecule has 2 atom stereocenters. The van der Waals surface area contributed by atoms with Gasteiger partial charge in [-0.15, -0.1) is 0 Å². The zero-order valence-corrected chi connectivity index (χ0v) is 14.7. The van der Waals surface area contributed by atoms with E-state index in [0.29, 0.717) is 0 Å². The van der Waals surface area contributed by atoms with Crippen molar-refractivity contribution in [3.05, 3.63) is 35.9 Å². The summed E-state index contributed by atoms with van der Waals surface area (Å²) < 4.78 is 0. The third-order valence-corrected chi connectivity index (χ3v) is 4.90. The van der Waals surface area contributed by atoms with E-state index in [-0.39, 0.29) is 6.04 Å². The van der Waals surface area contributed by atoms with E-state index in [1.807, 2.05) is 30.3 Å². The minimum Gasteiger partial charge on any atom is -0.387 e. The molecule has 0 bridgehead atoms. The lowest BCUT2D eigenvalue weighted by molar-refractivity contribution is 0.121. The molecule has 0 aliphatic carbocycles. The fourth-order valence-electron chi connectivity index (χ4n) is 3.45. The predicted molar refractivity (Wildman–Crippen MR) is 97.6 cm³/mol. The van der Waals surface area contributed by atoms with Gasteiger partial charge >= 0.3 is 0 Å². The van der Waals surface area contributed by atoms with Crippen LogP contribution in [0.25, 0.3) is 0 Å². The number of hydrogen-bond donors (Lipinski definition) is 2. The molecule has 1 aromatic rings. The van der Waals surface area contributed by atoms with Gasteiger partial charge in [-0.1, -0.05) is 56.5 Å². The average molecular weight is 319 g/mol. The number of nitrogens with one attached hydrogen (secondary N) is 1. The molecule has 1 aliphatic rings. The Hall–Kier alpha value is -0.900. The normalized spacial score (nSPS) is 18.7. The van der Waals surface area contributed by atoms with Gasteiger partial charge in [0, 0.05) is 6.04 Å². The van der Waals surface area contributed by atoms with Crippen molar-refractivity contribution in [2.75, 3.05) is 26.2 Å². The van der Waals surface area contributed by atoms with Crippen molar-refractivity contribution in [1.29, 1.82) is 0 Å². The molecule has 0 spiro atoms. The fraction of sp³-hybridized carbons (Fsp3) is 0.700. The SMILES string of the molecule is CCCCC(NCCCN1CCCCC1)C(O)c1ccccc1. The monoisotopic (exact) mass is 318 g/mol. The Bertz CT molecular complexity index is 403. The van der Waals surface area contributed by atoms with Gasteiger partial charge in [0.1, 0.15) is 0 Å². The Kier molecular flexibility index (Phi) is 8.66. The number of nitrogens with zero attached hydrogens (tertiary/aromatic N) is 1. The second kappa shape index (κ2) is 10.8. The zero-order valence-electron chi connectivity index (χ0n) is 14.7. The molecule has 0 saturated carbocycles. The van der Waals surface area contributed by atoms with Crippen LogP contribution in [0.4, 0.5) is 0 Å². The van der Waals surface area contributed by atoms with Crippen molar-refractivity contribution in [3.8, 4) is 0 Å². The molecule has 1 fully saturated rings. The van der Waals surface area contributed by atoms with Crippen LogP contribution in [0.5, 0.6) is 0 Å². The molecule has 2 rings (SSSR count). The molecule has 1 saturated heterocycles.